The van der Waals surface area contributed by atoms with Gasteiger partial charge in [-0.2, -0.15) is 0 Å². The summed E-state index contributed by atoms with van der Waals surface area (Å²) >= 11 is 0. The summed E-state index contributed by atoms with van der Waals surface area (Å²) in [6.45, 7) is 7.09. The van der Waals surface area contributed by atoms with Crippen LogP contribution in [0.4, 0.5) is 0 Å². The average molecular weight is 473 g/mol. The van der Waals surface area contributed by atoms with Gasteiger partial charge in [-0.3, -0.25) is 9.59 Å². The minimum atomic E-state index is -1.11. The molecule has 0 amide bonds. The second-order valence-corrected chi connectivity index (χ2v) is 8.92. The number of aliphatic hydroxyl groups excluding tert-OH is 1. The van der Waals surface area contributed by atoms with Gasteiger partial charge in [0.1, 0.15) is 19.2 Å². The fourth-order valence-electron chi connectivity index (χ4n) is 3.36. The normalized spacial score (nSPS) is 24.0. The van der Waals surface area contributed by atoms with Crippen LogP contribution in [0.5, 0.6) is 0 Å². The quantitative estimate of drug-likeness (QED) is 0.167. The number of carbonyl (C=O) groups is 2. The Bertz CT molecular complexity index is 632. The number of hydrogen-bond donors (Lipinski definition) is 1. The molecule has 0 aliphatic carbocycles. The fraction of sp³-hybridized carbons (Fsp3) is 0.833. The summed E-state index contributed by atoms with van der Waals surface area (Å²) in [6.07, 6.45) is 3.36. The van der Waals surface area contributed by atoms with Gasteiger partial charge in [0, 0.05) is 12.8 Å². The number of quaternary nitrogens is 1. The lowest BCUT2D eigenvalue weighted by Gasteiger charge is -2.41. The van der Waals surface area contributed by atoms with Crippen molar-refractivity contribution in [3.8, 4) is 12.3 Å². The van der Waals surface area contributed by atoms with E-state index in [0.717, 1.165) is 0 Å². The number of rotatable bonds is 15. The minimum absolute atomic E-state index is 0.00589. The molecule has 0 saturated carbocycles. The summed E-state index contributed by atoms with van der Waals surface area (Å²) < 4.78 is 29.4. The van der Waals surface area contributed by atoms with Gasteiger partial charge in [-0.15, -0.1) is 6.42 Å². The summed E-state index contributed by atoms with van der Waals surface area (Å²) in [5.41, 5.74) is 0. The Hall–Kier alpha value is -1.70. The Morgan fingerprint density at radius 3 is 2.30 bits per heavy atom. The first-order chi connectivity index (χ1) is 15.7. The molecule has 33 heavy (non-hydrogen) atoms. The Morgan fingerprint density at radius 1 is 1.09 bits per heavy atom. The van der Waals surface area contributed by atoms with Crippen LogP contribution in [0.2, 0.25) is 0 Å². The Labute approximate surface area is 198 Å². The molecular formula is C24H42NO8+. The maximum absolute atomic E-state index is 12.4. The molecule has 1 fully saturated rings. The van der Waals surface area contributed by atoms with Crippen LogP contribution in [-0.2, 0) is 33.3 Å². The van der Waals surface area contributed by atoms with E-state index >= 15 is 0 Å². The Kier molecular flexibility index (Phi) is 13.6. The summed E-state index contributed by atoms with van der Waals surface area (Å²) in [7, 11) is 3.97. The number of likely N-dealkylation sites (N-methyl/N-ethyl adjacent to an activating group) is 1. The summed E-state index contributed by atoms with van der Waals surface area (Å²) in [6, 6.07) is 0. The van der Waals surface area contributed by atoms with Gasteiger partial charge in [0.25, 0.3) is 0 Å². The molecule has 9 nitrogen and oxygen atoms in total. The van der Waals surface area contributed by atoms with Crippen molar-refractivity contribution in [1.29, 1.82) is 0 Å². The van der Waals surface area contributed by atoms with E-state index in [4.69, 9.17) is 30.1 Å². The van der Waals surface area contributed by atoms with Gasteiger partial charge in [0.2, 0.25) is 0 Å². The molecule has 0 bridgehead atoms. The van der Waals surface area contributed by atoms with Gasteiger partial charge < -0.3 is 33.3 Å². The molecule has 1 unspecified atom stereocenters. The summed E-state index contributed by atoms with van der Waals surface area (Å²) in [4.78, 5) is 24.6. The van der Waals surface area contributed by atoms with Gasteiger partial charge >= 0.3 is 11.9 Å². The number of terminal acetylenes is 1. The molecule has 1 N–H and O–H groups in total. The first kappa shape index (κ1) is 29.3. The Morgan fingerprint density at radius 2 is 1.73 bits per heavy atom. The molecule has 1 heterocycles. The molecule has 1 rings (SSSR count). The van der Waals surface area contributed by atoms with E-state index in [2.05, 4.69) is 5.92 Å². The highest BCUT2D eigenvalue weighted by Crippen LogP contribution is 2.27. The highest BCUT2D eigenvalue weighted by atomic mass is 16.7. The van der Waals surface area contributed by atoms with Gasteiger partial charge in [-0.05, 0) is 25.2 Å². The van der Waals surface area contributed by atoms with Crippen LogP contribution in [0.25, 0.3) is 0 Å². The number of carbonyl (C=O) groups excluding carboxylic acids is 2. The van der Waals surface area contributed by atoms with Crippen molar-refractivity contribution in [3.05, 3.63) is 0 Å². The third-order valence-corrected chi connectivity index (χ3v) is 5.19. The predicted molar refractivity (Wildman–Crippen MR) is 122 cm³/mol. The van der Waals surface area contributed by atoms with E-state index in [-0.39, 0.29) is 19.4 Å². The summed E-state index contributed by atoms with van der Waals surface area (Å²) in [5, 5.41) is 10.3. The lowest BCUT2D eigenvalue weighted by molar-refractivity contribution is -0.883. The largest absolute Gasteiger partial charge is 0.457 e. The molecule has 0 aromatic rings. The van der Waals surface area contributed by atoms with Crippen LogP contribution in [-0.4, -0.2) is 92.8 Å². The Balaban J connectivity index is 3.06. The van der Waals surface area contributed by atoms with Gasteiger partial charge in [-0.25, -0.2) is 0 Å². The van der Waals surface area contributed by atoms with E-state index in [1.165, 1.54) is 0 Å². The van der Waals surface area contributed by atoms with Crippen molar-refractivity contribution in [1.82, 2.24) is 0 Å². The highest BCUT2D eigenvalue weighted by Gasteiger charge is 2.47. The molecule has 1 saturated heterocycles. The van der Waals surface area contributed by atoms with E-state index in [9.17, 15) is 14.7 Å². The van der Waals surface area contributed by atoms with E-state index in [1.807, 2.05) is 34.9 Å². The molecular weight excluding hydrogens is 430 g/mol. The first-order valence-corrected chi connectivity index (χ1v) is 11.9. The zero-order chi connectivity index (χ0) is 24.9. The van der Waals surface area contributed by atoms with Crippen LogP contribution in [0.15, 0.2) is 0 Å². The van der Waals surface area contributed by atoms with Crippen LogP contribution in [0, 0.1) is 12.3 Å². The molecule has 9 heteroatoms. The third-order valence-electron chi connectivity index (χ3n) is 5.19. The number of ether oxygens (including phenoxy) is 5. The maximum atomic E-state index is 12.4. The maximum Gasteiger partial charge on any atom is 0.306 e. The number of esters is 2. The smallest absolute Gasteiger partial charge is 0.306 e. The van der Waals surface area contributed by atoms with Crippen molar-refractivity contribution in [2.45, 2.75) is 90.2 Å². The van der Waals surface area contributed by atoms with Crippen LogP contribution >= 0.6 is 0 Å². The van der Waals surface area contributed by atoms with Crippen molar-refractivity contribution in [3.63, 3.8) is 0 Å². The topological polar surface area (TPSA) is 101 Å². The molecule has 0 aromatic carbocycles. The van der Waals surface area contributed by atoms with Crippen molar-refractivity contribution < 1.29 is 42.9 Å². The van der Waals surface area contributed by atoms with Crippen LogP contribution in [0.3, 0.4) is 0 Å². The zero-order valence-corrected chi connectivity index (χ0v) is 20.8. The van der Waals surface area contributed by atoms with Gasteiger partial charge in [-0.1, -0.05) is 27.2 Å². The number of aliphatic hydroxyl groups is 1. The fourth-order valence-corrected chi connectivity index (χ4v) is 3.36. The standard InChI is InChI=1S/C24H42NO8/c1-7-11-19(26)31-18-17-30-24(29-16-15-25(5,6)14-10-4)23(33-21(28)13-9-3)22(18)32-20(27)12-8-2/h4,18,20,22-24,27H,7-9,11-17H2,1-3,5-6H3/q+1/t18-,20?,22+,23-,24-/m1/s1. The molecule has 1 aliphatic rings. The number of hydrogen-bond acceptors (Lipinski definition) is 8. The predicted octanol–water partition coefficient (Wildman–Crippen LogP) is 2.00. The van der Waals surface area contributed by atoms with Crippen molar-refractivity contribution in [2.75, 3.05) is 40.4 Å². The molecule has 190 valence electrons. The SMILES string of the molecule is C#CC[N+](C)(C)CCO[C@@H]1OC[C@@H](OC(=O)CCC)[C@H](OC(O)CCC)[C@H]1OC(=O)CCC. The van der Waals surface area contributed by atoms with Crippen molar-refractivity contribution in [2.24, 2.45) is 0 Å². The lowest BCUT2D eigenvalue weighted by atomic mass is 10.0. The average Bonchev–Trinajstić information content (AvgIpc) is 2.72. The monoisotopic (exact) mass is 472 g/mol. The van der Waals surface area contributed by atoms with Gasteiger partial charge in [0.05, 0.1) is 27.3 Å². The van der Waals surface area contributed by atoms with Gasteiger partial charge in [0.15, 0.2) is 24.8 Å². The molecule has 1 aliphatic heterocycles. The van der Waals surface area contributed by atoms with Crippen LogP contribution in [0.1, 0.15) is 59.3 Å². The molecule has 0 aromatic heterocycles. The highest BCUT2D eigenvalue weighted by molar-refractivity contribution is 5.70. The van der Waals surface area contributed by atoms with E-state index in [1.54, 1.807) is 0 Å². The minimum Gasteiger partial charge on any atom is -0.457 e. The molecule has 0 spiro atoms. The molecule has 5 atom stereocenters. The van der Waals surface area contributed by atoms with Crippen molar-refractivity contribution >= 4 is 11.9 Å². The molecule has 0 radical (unpaired) electrons. The lowest BCUT2D eigenvalue weighted by Crippen LogP contribution is -2.59. The van der Waals surface area contributed by atoms with Crippen LogP contribution < -0.4 is 0 Å². The second-order valence-electron chi connectivity index (χ2n) is 8.92. The third kappa shape index (κ3) is 10.8. The number of nitrogens with zero attached hydrogens (tertiary/aromatic N) is 1. The summed E-state index contributed by atoms with van der Waals surface area (Å²) in [5.74, 6) is 1.79. The van der Waals surface area contributed by atoms with E-state index < -0.39 is 42.8 Å². The zero-order valence-electron chi connectivity index (χ0n) is 20.8. The van der Waals surface area contributed by atoms with E-state index in [0.29, 0.717) is 49.9 Å². The first-order valence-electron chi connectivity index (χ1n) is 11.9. The second kappa shape index (κ2) is 15.3.